The summed E-state index contributed by atoms with van der Waals surface area (Å²) in [4.78, 5) is 6.86. The monoisotopic (exact) mass is 390 g/mol. The lowest BCUT2D eigenvalue weighted by atomic mass is 9.84. The van der Waals surface area contributed by atoms with Gasteiger partial charge in [0.1, 0.15) is 23.3 Å². The molecule has 0 fully saturated rings. The molecule has 4 rings (SSSR count). The number of phenolic OH excluding ortho intramolecular Hbond substituents is 1. The highest BCUT2D eigenvalue weighted by Gasteiger charge is 2.32. The topological polar surface area (TPSA) is 74.4 Å². The largest absolute Gasteiger partial charge is 0.508 e. The Balaban J connectivity index is 1.82. The number of likely N-dealkylation sites (N-methyl/N-ethyl adjacent to an activating group) is 1. The van der Waals surface area contributed by atoms with Crippen molar-refractivity contribution in [2.45, 2.75) is 26.3 Å². The Bertz CT molecular complexity index is 1060. The molecule has 2 heterocycles. The highest BCUT2D eigenvalue weighted by molar-refractivity contribution is 5.57. The predicted octanol–water partition coefficient (Wildman–Crippen LogP) is 3.70. The van der Waals surface area contributed by atoms with Crippen molar-refractivity contribution in [1.29, 1.82) is 5.41 Å². The van der Waals surface area contributed by atoms with Gasteiger partial charge in [0.25, 0.3) is 0 Å². The van der Waals surface area contributed by atoms with E-state index in [1.165, 1.54) is 0 Å². The molecule has 0 aliphatic carbocycles. The highest BCUT2D eigenvalue weighted by atomic mass is 16.5. The standard InChI is InChI=1S/C23H26N4O2/c1-3-26(4-2)12-13-27-15-25-23-21(22(27)24)20(16-8-6-5-7-9-16)18-11-10-17(28)14-19(18)29-23/h5-11,14-15,20,24,28H,3-4,12-13H2,1-2H3. The summed E-state index contributed by atoms with van der Waals surface area (Å²) in [5.41, 5.74) is 3.17. The van der Waals surface area contributed by atoms with Gasteiger partial charge in [0, 0.05) is 30.6 Å². The van der Waals surface area contributed by atoms with Crippen molar-refractivity contribution in [3.63, 3.8) is 0 Å². The van der Waals surface area contributed by atoms with Crippen LogP contribution in [0.5, 0.6) is 17.4 Å². The molecule has 2 N–H and O–H groups in total. The number of rotatable bonds is 6. The van der Waals surface area contributed by atoms with Gasteiger partial charge in [-0.1, -0.05) is 50.2 Å². The molecule has 0 amide bonds. The number of benzene rings is 2. The van der Waals surface area contributed by atoms with Crippen LogP contribution in [0, 0.1) is 5.41 Å². The van der Waals surface area contributed by atoms with Gasteiger partial charge >= 0.3 is 0 Å². The Morgan fingerprint density at radius 3 is 2.62 bits per heavy atom. The van der Waals surface area contributed by atoms with Crippen LogP contribution in [-0.4, -0.2) is 39.2 Å². The molecule has 150 valence electrons. The first kappa shape index (κ1) is 19.2. The normalized spacial score (nSPS) is 14.9. The number of hydrogen-bond donors (Lipinski definition) is 2. The molecule has 6 nitrogen and oxygen atoms in total. The van der Waals surface area contributed by atoms with E-state index in [0.717, 1.165) is 36.3 Å². The van der Waals surface area contributed by atoms with Gasteiger partial charge in [0.05, 0.1) is 5.56 Å². The van der Waals surface area contributed by atoms with Gasteiger partial charge in [-0.2, -0.15) is 0 Å². The molecule has 29 heavy (non-hydrogen) atoms. The van der Waals surface area contributed by atoms with Gasteiger partial charge in [0.15, 0.2) is 0 Å². The van der Waals surface area contributed by atoms with Crippen LogP contribution in [0.2, 0.25) is 0 Å². The predicted molar refractivity (Wildman–Crippen MR) is 111 cm³/mol. The molecule has 0 spiro atoms. The highest BCUT2D eigenvalue weighted by Crippen LogP contribution is 2.45. The third-order valence-electron chi connectivity index (χ3n) is 5.58. The van der Waals surface area contributed by atoms with Crippen molar-refractivity contribution in [2.75, 3.05) is 19.6 Å². The molecule has 0 saturated carbocycles. The van der Waals surface area contributed by atoms with Crippen molar-refractivity contribution in [2.24, 2.45) is 0 Å². The van der Waals surface area contributed by atoms with E-state index in [1.807, 2.05) is 28.8 Å². The molecular formula is C23H26N4O2. The van der Waals surface area contributed by atoms with Gasteiger partial charge in [-0.05, 0) is 24.7 Å². The van der Waals surface area contributed by atoms with E-state index in [4.69, 9.17) is 10.1 Å². The third-order valence-corrected chi connectivity index (χ3v) is 5.58. The van der Waals surface area contributed by atoms with Crippen molar-refractivity contribution >= 4 is 0 Å². The number of aromatic nitrogens is 2. The second-order valence-electron chi connectivity index (χ2n) is 7.20. The van der Waals surface area contributed by atoms with Crippen LogP contribution in [0.1, 0.15) is 36.5 Å². The Morgan fingerprint density at radius 2 is 1.90 bits per heavy atom. The van der Waals surface area contributed by atoms with Crippen LogP contribution in [0.4, 0.5) is 0 Å². The maximum Gasteiger partial charge on any atom is 0.228 e. The Kier molecular flexibility index (Phi) is 5.36. The summed E-state index contributed by atoms with van der Waals surface area (Å²) >= 11 is 0. The molecule has 1 atom stereocenters. The molecule has 6 heteroatoms. The molecule has 1 aliphatic heterocycles. The Hall–Kier alpha value is -3.12. The Labute approximate surface area is 170 Å². The number of ether oxygens (including phenoxy) is 1. The minimum atomic E-state index is -0.170. The minimum absolute atomic E-state index is 0.148. The van der Waals surface area contributed by atoms with Crippen molar-refractivity contribution in [1.82, 2.24) is 14.5 Å². The number of aromatic hydroxyl groups is 1. The zero-order chi connectivity index (χ0) is 20.4. The fourth-order valence-electron chi connectivity index (χ4n) is 3.91. The number of nitrogens with one attached hydrogen (secondary N) is 1. The summed E-state index contributed by atoms with van der Waals surface area (Å²) in [6.45, 7) is 7.82. The van der Waals surface area contributed by atoms with Crippen LogP contribution in [0.3, 0.4) is 0 Å². The van der Waals surface area contributed by atoms with E-state index in [0.29, 0.717) is 23.7 Å². The van der Waals surface area contributed by atoms with Crippen molar-refractivity contribution in [3.05, 3.63) is 77.0 Å². The van der Waals surface area contributed by atoms with Crippen molar-refractivity contribution in [3.8, 4) is 17.4 Å². The van der Waals surface area contributed by atoms with Gasteiger partial charge < -0.3 is 19.3 Å². The molecule has 1 unspecified atom stereocenters. The van der Waals surface area contributed by atoms with Gasteiger partial charge in [-0.3, -0.25) is 5.41 Å². The van der Waals surface area contributed by atoms with Crippen LogP contribution in [-0.2, 0) is 6.54 Å². The average molecular weight is 390 g/mol. The SMILES string of the molecule is CCN(CC)CCn1cnc2c(c1=N)C(c1ccccc1)c1ccc(O)cc1O2. The quantitative estimate of drug-likeness (QED) is 0.526. The maximum absolute atomic E-state index is 9.91. The zero-order valence-corrected chi connectivity index (χ0v) is 16.8. The van der Waals surface area contributed by atoms with Gasteiger partial charge in [-0.15, -0.1) is 0 Å². The lowest BCUT2D eigenvalue weighted by Gasteiger charge is -2.29. The minimum Gasteiger partial charge on any atom is -0.508 e. The molecular weight excluding hydrogens is 364 g/mol. The first-order valence-corrected chi connectivity index (χ1v) is 10.0. The lowest BCUT2D eigenvalue weighted by molar-refractivity contribution is 0.286. The fraction of sp³-hybridized carbons (Fsp3) is 0.304. The van der Waals surface area contributed by atoms with E-state index in [-0.39, 0.29) is 11.7 Å². The fourth-order valence-corrected chi connectivity index (χ4v) is 3.91. The third kappa shape index (κ3) is 3.63. The second-order valence-corrected chi connectivity index (χ2v) is 7.20. The molecule has 3 aromatic rings. The lowest BCUT2D eigenvalue weighted by Crippen LogP contribution is -2.34. The van der Waals surface area contributed by atoms with Crippen LogP contribution in [0.15, 0.2) is 54.9 Å². The summed E-state index contributed by atoms with van der Waals surface area (Å²) in [6, 6.07) is 15.2. The molecule has 1 aromatic heterocycles. The number of hydrogen-bond acceptors (Lipinski definition) is 5. The number of phenols is 1. The molecule has 0 saturated heterocycles. The van der Waals surface area contributed by atoms with E-state index >= 15 is 0 Å². The van der Waals surface area contributed by atoms with Crippen LogP contribution in [0.25, 0.3) is 0 Å². The molecule has 2 aromatic carbocycles. The van der Waals surface area contributed by atoms with E-state index < -0.39 is 0 Å². The molecule has 1 aliphatic rings. The van der Waals surface area contributed by atoms with E-state index in [2.05, 4.69) is 35.9 Å². The first-order chi connectivity index (χ1) is 14.1. The molecule has 0 bridgehead atoms. The van der Waals surface area contributed by atoms with Crippen LogP contribution < -0.4 is 10.2 Å². The smallest absolute Gasteiger partial charge is 0.228 e. The van der Waals surface area contributed by atoms with E-state index in [1.54, 1.807) is 18.5 Å². The second kappa shape index (κ2) is 8.09. The van der Waals surface area contributed by atoms with Crippen molar-refractivity contribution < 1.29 is 9.84 Å². The summed E-state index contributed by atoms with van der Waals surface area (Å²) in [5, 5.41) is 18.8. The number of nitrogens with zero attached hydrogens (tertiary/aromatic N) is 3. The summed E-state index contributed by atoms with van der Waals surface area (Å²) in [6.07, 6.45) is 1.68. The summed E-state index contributed by atoms with van der Waals surface area (Å²) in [5.74, 6) is 0.993. The number of fused-ring (bicyclic) bond motifs is 2. The maximum atomic E-state index is 9.91. The Morgan fingerprint density at radius 1 is 1.14 bits per heavy atom. The summed E-state index contributed by atoms with van der Waals surface area (Å²) < 4.78 is 7.89. The van der Waals surface area contributed by atoms with Gasteiger partial charge in [0.2, 0.25) is 5.88 Å². The summed E-state index contributed by atoms with van der Waals surface area (Å²) in [7, 11) is 0. The van der Waals surface area contributed by atoms with E-state index in [9.17, 15) is 5.11 Å². The first-order valence-electron chi connectivity index (χ1n) is 10.0. The molecule has 0 radical (unpaired) electrons. The average Bonchev–Trinajstić information content (AvgIpc) is 2.75. The van der Waals surface area contributed by atoms with Gasteiger partial charge in [-0.25, -0.2) is 4.98 Å². The zero-order valence-electron chi connectivity index (χ0n) is 16.8. The van der Waals surface area contributed by atoms with Crippen LogP contribution >= 0.6 is 0 Å².